The molecule has 2 fully saturated rings. The lowest BCUT2D eigenvalue weighted by atomic mass is 10.2. The quantitative estimate of drug-likeness (QED) is 0.618. The van der Waals surface area contributed by atoms with Crippen LogP contribution in [-0.4, -0.2) is 78.4 Å². The first kappa shape index (κ1) is 20.6. The van der Waals surface area contributed by atoms with Gasteiger partial charge in [0, 0.05) is 45.8 Å². The van der Waals surface area contributed by atoms with Gasteiger partial charge in [0.1, 0.15) is 5.82 Å². The number of rotatable bonds is 5. The number of benzene rings is 1. The molecule has 28 heavy (non-hydrogen) atoms. The van der Waals surface area contributed by atoms with Crippen molar-refractivity contribution in [3.05, 3.63) is 35.6 Å². The number of hydrogen-bond acceptors (Lipinski definition) is 3. The van der Waals surface area contributed by atoms with Crippen LogP contribution >= 0.6 is 0 Å². The third-order valence-corrected chi connectivity index (χ3v) is 5.60. The molecule has 1 N–H and O–H groups in total. The Morgan fingerprint density at radius 2 is 1.71 bits per heavy atom. The van der Waals surface area contributed by atoms with Gasteiger partial charge in [-0.3, -0.25) is 9.69 Å². The second-order valence-corrected chi connectivity index (χ2v) is 7.53. The molecule has 1 amide bonds. The highest BCUT2D eigenvalue weighted by molar-refractivity contribution is 5.82. The third kappa shape index (κ3) is 5.22. The number of piperazine rings is 1. The molecule has 2 heterocycles. The van der Waals surface area contributed by atoms with E-state index in [4.69, 9.17) is 4.99 Å². The van der Waals surface area contributed by atoms with E-state index in [1.165, 1.54) is 12.1 Å². The number of nitrogens with zero attached hydrogens (tertiary/aromatic N) is 4. The molecule has 1 atom stereocenters. The van der Waals surface area contributed by atoms with Gasteiger partial charge in [-0.25, -0.2) is 9.38 Å². The van der Waals surface area contributed by atoms with Crippen LogP contribution in [0.5, 0.6) is 0 Å². The molecule has 0 spiro atoms. The number of amides is 1. The molecule has 1 aromatic carbocycles. The lowest BCUT2D eigenvalue weighted by Crippen LogP contribution is -2.57. The topological polar surface area (TPSA) is 51.2 Å². The number of nitrogens with one attached hydrogen (secondary N) is 1. The summed E-state index contributed by atoms with van der Waals surface area (Å²) in [6, 6.07) is 6.42. The van der Waals surface area contributed by atoms with E-state index in [2.05, 4.69) is 22.0 Å². The first-order valence-electron chi connectivity index (χ1n) is 10.4. The Labute approximate surface area is 167 Å². The molecule has 0 aromatic heterocycles. The van der Waals surface area contributed by atoms with E-state index in [1.807, 2.05) is 11.8 Å². The van der Waals surface area contributed by atoms with Crippen molar-refractivity contribution in [1.82, 2.24) is 20.0 Å². The van der Waals surface area contributed by atoms with Crippen molar-refractivity contribution in [2.24, 2.45) is 4.99 Å². The Bertz CT molecular complexity index is 664. The highest BCUT2D eigenvalue weighted by Crippen LogP contribution is 2.14. The molecule has 6 nitrogen and oxygen atoms in total. The Morgan fingerprint density at radius 3 is 2.32 bits per heavy atom. The van der Waals surface area contributed by atoms with E-state index in [0.717, 1.165) is 70.2 Å². The largest absolute Gasteiger partial charge is 0.357 e. The van der Waals surface area contributed by atoms with Crippen molar-refractivity contribution in [3.63, 3.8) is 0 Å². The van der Waals surface area contributed by atoms with Gasteiger partial charge < -0.3 is 15.1 Å². The fourth-order valence-corrected chi connectivity index (χ4v) is 3.86. The van der Waals surface area contributed by atoms with E-state index >= 15 is 0 Å². The van der Waals surface area contributed by atoms with Gasteiger partial charge in [0.05, 0.1) is 12.6 Å². The first-order valence-corrected chi connectivity index (χ1v) is 10.4. The maximum Gasteiger partial charge on any atom is 0.239 e. The van der Waals surface area contributed by atoms with E-state index < -0.39 is 0 Å². The number of hydrogen-bond donors (Lipinski definition) is 1. The van der Waals surface area contributed by atoms with Gasteiger partial charge in [-0.2, -0.15) is 0 Å². The zero-order chi connectivity index (χ0) is 19.9. The van der Waals surface area contributed by atoms with Crippen LogP contribution in [0.15, 0.2) is 29.3 Å². The average molecular weight is 390 g/mol. The third-order valence-electron chi connectivity index (χ3n) is 5.60. The smallest absolute Gasteiger partial charge is 0.239 e. The number of carbonyl (C=O) groups is 1. The van der Waals surface area contributed by atoms with Crippen molar-refractivity contribution in [2.75, 3.05) is 45.8 Å². The van der Waals surface area contributed by atoms with Crippen LogP contribution in [0.1, 0.15) is 32.3 Å². The van der Waals surface area contributed by atoms with Gasteiger partial charge in [0.25, 0.3) is 0 Å². The summed E-state index contributed by atoms with van der Waals surface area (Å²) < 4.78 is 13.1. The van der Waals surface area contributed by atoms with Crippen LogP contribution in [0.4, 0.5) is 4.39 Å². The van der Waals surface area contributed by atoms with Crippen molar-refractivity contribution in [1.29, 1.82) is 0 Å². The zero-order valence-electron chi connectivity index (χ0n) is 17.0. The summed E-state index contributed by atoms with van der Waals surface area (Å²) in [5.41, 5.74) is 0.986. The molecule has 2 aliphatic rings. The average Bonchev–Trinajstić information content (AvgIpc) is 3.26. The monoisotopic (exact) mass is 389 g/mol. The highest BCUT2D eigenvalue weighted by atomic mass is 19.1. The maximum atomic E-state index is 13.1. The van der Waals surface area contributed by atoms with Crippen molar-refractivity contribution in [3.8, 4) is 0 Å². The van der Waals surface area contributed by atoms with Gasteiger partial charge in [-0.05, 0) is 44.4 Å². The van der Waals surface area contributed by atoms with Gasteiger partial charge in [-0.1, -0.05) is 12.1 Å². The molecule has 1 unspecified atom stereocenters. The van der Waals surface area contributed by atoms with Gasteiger partial charge in [-0.15, -0.1) is 0 Å². The minimum Gasteiger partial charge on any atom is -0.357 e. The van der Waals surface area contributed by atoms with Crippen molar-refractivity contribution in [2.45, 2.75) is 39.3 Å². The molecule has 2 aliphatic heterocycles. The molecule has 154 valence electrons. The fraction of sp³-hybridized carbons (Fsp3) is 0.619. The van der Waals surface area contributed by atoms with Crippen LogP contribution in [0, 0.1) is 5.82 Å². The summed E-state index contributed by atoms with van der Waals surface area (Å²) in [7, 11) is 0. The van der Waals surface area contributed by atoms with Crippen molar-refractivity contribution < 1.29 is 9.18 Å². The van der Waals surface area contributed by atoms with Crippen LogP contribution in [0.2, 0.25) is 0 Å². The number of carbonyl (C=O) groups excluding carboxylic acids is 1. The lowest BCUT2D eigenvalue weighted by Gasteiger charge is -2.39. The van der Waals surface area contributed by atoms with Crippen molar-refractivity contribution >= 4 is 11.9 Å². The fourth-order valence-electron chi connectivity index (χ4n) is 3.86. The standard InChI is InChI=1S/C21H32FN5O/c1-3-23-21(24-16-18-6-8-19(22)9-7-18)27-14-12-25(13-15-27)17(2)20(28)26-10-4-5-11-26/h6-9,17H,3-5,10-16H2,1-2H3,(H,23,24). The number of halogens is 1. The number of aliphatic imine (C=N–C) groups is 1. The molecule has 1 aromatic rings. The second kappa shape index (κ2) is 9.87. The predicted octanol–water partition coefficient (Wildman–Crippen LogP) is 1.92. The molecule has 0 saturated carbocycles. The molecular weight excluding hydrogens is 357 g/mol. The van der Waals surface area contributed by atoms with Gasteiger partial charge in [0.2, 0.25) is 5.91 Å². The summed E-state index contributed by atoms with van der Waals surface area (Å²) in [4.78, 5) is 23.9. The summed E-state index contributed by atoms with van der Waals surface area (Å²) >= 11 is 0. The summed E-state index contributed by atoms with van der Waals surface area (Å²) in [6.45, 7) is 10.6. The summed E-state index contributed by atoms with van der Waals surface area (Å²) in [5, 5.41) is 3.35. The lowest BCUT2D eigenvalue weighted by molar-refractivity contribution is -0.135. The first-order chi connectivity index (χ1) is 13.6. The molecule has 0 radical (unpaired) electrons. The van der Waals surface area contributed by atoms with Crippen LogP contribution in [-0.2, 0) is 11.3 Å². The van der Waals surface area contributed by atoms with E-state index in [-0.39, 0.29) is 17.8 Å². The van der Waals surface area contributed by atoms with Gasteiger partial charge >= 0.3 is 0 Å². The summed E-state index contributed by atoms with van der Waals surface area (Å²) in [6.07, 6.45) is 2.26. The minimum atomic E-state index is -0.228. The van der Waals surface area contributed by atoms with E-state index in [0.29, 0.717) is 6.54 Å². The van der Waals surface area contributed by atoms with Crippen LogP contribution in [0.25, 0.3) is 0 Å². The Morgan fingerprint density at radius 1 is 1.07 bits per heavy atom. The molecule has 0 bridgehead atoms. The summed E-state index contributed by atoms with van der Waals surface area (Å²) in [5.74, 6) is 0.918. The Hall–Kier alpha value is -2.15. The number of likely N-dealkylation sites (tertiary alicyclic amines) is 1. The molecule has 7 heteroatoms. The Balaban J connectivity index is 1.55. The van der Waals surface area contributed by atoms with E-state index in [1.54, 1.807) is 12.1 Å². The zero-order valence-corrected chi connectivity index (χ0v) is 17.0. The second-order valence-electron chi connectivity index (χ2n) is 7.53. The predicted molar refractivity (Wildman–Crippen MR) is 110 cm³/mol. The highest BCUT2D eigenvalue weighted by Gasteiger charge is 2.30. The molecular formula is C21H32FN5O. The molecule has 0 aliphatic carbocycles. The molecule has 3 rings (SSSR count). The van der Waals surface area contributed by atoms with Crippen LogP contribution in [0.3, 0.4) is 0 Å². The maximum absolute atomic E-state index is 13.1. The van der Waals surface area contributed by atoms with Crippen LogP contribution < -0.4 is 5.32 Å². The normalized spacial score (nSPS) is 19.8. The number of guanidine groups is 1. The minimum absolute atomic E-state index is 0.0565. The Kier molecular flexibility index (Phi) is 7.25. The SMILES string of the molecule is CCNC(=NCc1ccc(F)cc1)N1CCN(C(C)C(=O)N2CCCC2)CC1. The van der Waals surface area contributed by atoms with Gasteiger partial charge in [0.15, 0.2) is 5.96 Å². The van der Waals surface area contributed by atoms with E-state index in [9.17, 15) is 9.18 Å². The molecule has 2 saturated heterocycles.